The van der Waals surface area contributed by atoms with E-state index in [0.717, 1.165) is 24.3 Å². The monoisotopic (exact) mass is 285 g/mol. The number of rotatable bonds is 3. The number of ether oxygens (including phenoxy) is 1. The van der Waals surface area contributed by atoms with Crippen LogP contribution in [-0.4, -0.2) is 24.5 Å². The van der Waals surface area contributed by atoms with Crippen LogP contribution in [0.4, 0.5) is 4.39 Å². The Morgan fingerprint density at radius 2 is 1.81 bits per heavy atom. The second kappa shape index (κ2) is 5.56. The van der Waals surface area contributed by atoms with Gasteiger partial charge in [0.05, 0.1) is 13.2 Å². The zero-order valence-corrected chi connectivity index (χ0v) is 11.8. The van der Waals surface area contributed by atoms with Crippen LogP contribution in [0.5, 0.6) is 5.75 Å². The number of halogens is 1. The van der Waals surface area contributed by atoms with Gasteiger partial charge in [0.15, 0.2) is 0 Å². The normalized spacial score (nSPS) is 17.2. The molecule has 1 heterocycles. The van der Waals surface area contributed by atoms with Crippen molar-refractivity contribution in [2.24, 2.45) is 0 Å². The van der Waals surface area contributed by atoms with Crippen LogP contribution in [0.1, 0.15) is 28.4 Å². The maximum atomic E-state index is 13.0. The summed E-state index contributed by atoms with van der Waals surface area (Å²) in [5, 5.41) is 0. The molecular formula is C17H16FNO2. The Morgan fingerprint density at radius 3 is 2.33 bits per heavy atom. The summed E-state index contributed by atoms with van der Waals surface area (Å²) < 4.78 is 18.1. The fraction of sp³-hybridized carbons (Fsp3) is 0.235. The number of amides is 1. The molecule has 3 nitrogen and oxygen atoms in total. The Morgan fingerprint density at radius 1 is 1.14 bits per heavy atom. The number of carbonyl (C=O) groups is 1. The lowest BCUT2D eigenvalue weighted by molar-refractivity contribution is 0.0460. The number of hydrogen-bond acceptors (Lipinski definition) is 2. The molecule has 1 fully saturated rings. The number of likely N-dealkylation sites (tertiary alicyclic amines) is 1. The molecule has 1 aliphatic rings. The average Bonchev–Trinajstić information content (AvgIpc) is 2.48. The molecule has 1 aliphatic heterocycles. The van der Waals surface area contributed by atoms with Crippen molar-refractivity contribution >= 4 is 5.91 Å². The molecule has 3 rings (SSSR count). The van der Waals surface area contributed by atoms with Crippen LogP contribution in [0.15, 0.2) is 48.5 Å². The Bertz CT molecular complexity index is 637. The molecule has 0 bridgehead atoms. The highest BCUT2D eigenvalue weighted by molar-refractivity contribution is 5.95. The van der Waals surface area contributed by atoms with Gasteiger partial charge < -0.3 is 9.64 Å². The van der Waals surface area contributed by atoms with Gasteiger partial charge in [0.25, 0.3) is 5.91 Å². The molecule has 2 aromatic rings. The van der Waals surface area contributed by atoms with Crippen LogP contribution in [-0.2, 0) is 0 Å². The maximum absolute atomic E-state index is 13.0. The quantitative estimate of drug-likeness (QED) is 0.864. The summed E-state index contributed by atoms with van der Waals surface area (Å²) in [5.41, 5.74) is 1.62. The van der Waals surface area contributed by atoms with Crippen molar-refractivity contribution in [2.75, 3.05) is 13.7 Å². The van der Waals surface area contributed by atoms with E-state index in [1.165, 1.54) is 12.1 Å². The Hall–Kier alpha value is -2.36. The molecule has 0 N–H and O–H groups in total. The van der Waals surface area contributed by atoms with E-state index in [2.05, 4.69) is 0 Å². The van der Waals surface area contributed by atoms with E-state index in [0.29, 0.717) is 5.56 Å². The Kier molecular flexibility index (Phi) is 3.60. The number of hydrogen-bond donors (Lipinski definition) is 0. The van der Waals surface area contributed by atoms with Crippen LogP contribution in [0, 0.1) is 5.82 Å². The molecule has 1 amide bonds. The molecule has 0 saturated carbocycles. The van der Waals surface area contributed by atoms with Crippen LogP contribution in [0.2, 0.25) is 0 Å². The highest BCUT2D eigenvalue weighted by Gasteiger charge is 2.33. The van der Waals surface area contributed by atoms with Crippen molar-refractivity contribution in [3.8, 4) is 5.75 Å². The first-order valence-corrected chi connectivity index (χ1v) is 6.89. The van der Waals surface area contributed by atoms with E-state index < -0.39 is 0 Å². The minimum absolute atomic E-state index is 0.00164. The summed E-state index contributed by atoms with van der Waals surface area (Å²) in [5.74, 6) is 0.467. The van der Waals surface area contributed by atoms with Crippen molar-refractivity contribution in [2.45, 2.75) is 12.5 Å². The Balaban J connectivity index is 1.76. The van der Waals surface area contributed by atoms with Crippen molar-refractivity contribution in [3.05, 3.63) is 65.5 Å². The van der Waals surface area contributed by atoms with Crippen LogP contribution in [0.25, 0.3) is 0 Å². The van der Waals surface area contributed by atoms with Gasteiger partial charge in [-0.25, -0.2) is 4.39 Å². The third-order valence-electron chi connectivity index (χ3n) is 3.87. The highest BCUT2D eigenvalue weighted by Crippen LogP contribution is 2.34. The molecule has 0 spiro atoms. The predicted octanol–water partition coefficient (Wildman–Crippen LogP) is 3.42. The smallest absolute Gasteiger partial charge is 0.254 e. The van der Waals surface area contributed by atoms with E-state index in [-0.39, 0.29) is 17.8 Å². The molecule has 0 unspecified atom stereocenters. The maximum Gasteiger partial charge on any atom is 0.254 e. The topological polar surface area (TPSA) is 29.5 Å². The molecule has 0 radical (unpaired) electrons. The van der Waals surface area contributed by atoms with E-state index in [1.54, 1.807) is 43.5 Å². The average molecular weight is 285 g/mol. The van der Waals surface area contributed by atoms with Crippen molar-refractivity contribution in [1.29, 1.82) is 0 Å². The van der Waals surface area contributed by atoms with E-state index in [1.807, 2.05) is 4.90 Å². The molecule has 4 heteroatoms. The largest absolute Gasteiger partial charge is 0.497 e. The fourth-order valence-corrected chi connectivity index (χ4v) is 2.56. The number of benzene rings is 2. The molecule has 1 atom stereocenters. The van der Waals surface area contributed by atoms with E-state index in [9.17, 15) is 9.18 Å². The summed E-state index contributed by atoms with van der Waals surface area (Å²) in [6.45, 7) is 0.729. The summed E-state index contributed by atoms with van der Waals surface area (Å²) in [6, 6.07) is 13.5. The van der Waals surface area contributed by atoms with Gasteiger partial charge in [-0.3, -0.25) is 4.79 Å². The lowest BCUT2D eigenvalue weighted by atomic mass is 9.93. The van der Waals surface area contributed by atoms with Gasteiger partial charge in [0.1, 0.15) is 11.6 Å². The van der Waals surface area contributed by atoms with Crippen LogP contribution >= 0.6 is 0 Å². The summed E-state index contributed by atoms with van der Waals surface area (Å²) >= 11 is 0. The van der Waals surface area contributed by atoms with Gasteiger partial charge in [0.2, 0.25) is 0 Å². The number of carbonyl (C=O) groups excluding carboxylic acids is 1. The van der Waals surface area contributed by atoms with Gasteiger partial charge in [0, 0.05) is 12.1 Å². The third-order valence-corrected chi connectivity index (χ3v) is 3.87. The summed E-state index contributed by atoms with van der Waals surface area (Å²) in [7, 11) is 1.59. The standard InChI is InChI=1S/C17H16FNO2/c1-21-15-8-4-13(5-9-15)17(20)19-11-10-16(19)12-2-6-14(18)7-3-12/h2-9,16H,10-11H2,1H3/t16-/m0/s1. The molecule has 0 aromatic heterocycles. The van der Waals surface area contributed by atoms with Crippen molar-refractivity contribution < 1.29 is 13.9 Å². The van der Waals surface area contributed by atoms with Gasteiger partial charge in [-0.2, -0.15) is 0 Å². The third kappa shape index (κ3) is 2.61. The van der Waals surface area contributed by atoms with Crippen molar-refractivity contribution in [3.63, 3.8) is 0 Å². The molecular weight excluding hydrogens is 269 g/mol. The van der Waals surface area contributed by atoms with Gasteiger partial charge >= 0.3 is 0 Å². The number of methoxy groups -OCH3 is 1. The molecule has 1 saturated heterocycles. The van der Waals surface area contributed by atoms with Crippen molar-refractivity contribution in [1.82, 2.24) is 4.90 Å². The van der Waals surface area contributed by atoms with Gasteiger partial charge in [-0.05, 0) is 48.4 Å². The summed E-state index contributed by atoms with van der Waals surface area (Å²) in [4.78, 5) is 14.3. The first kappa shape index (κ1) is 13.6. The predicted molar refractivity (Wildman–Crippen MR) is 77.8 cm³/mol. The first-order chi connectivity index (χ1) is 10.2. The zero-order chi connectivity index (χ0) is 14.8. The lowest BCUT2D eigenvalue weighted by Gasteiger charge is -2.41. The zero-order valence-electron chi connectivity index (χ0n) is 11.8. The minimum atomic E-state index is -0.258. The molecule has 108 valence electrons. The lowest BCUT2D eigenvalue weighted by Crippen LogP contribution is -2.45. The molecule has 21 heavy (non-hydrogen) atoms. The second-order valence-corrected chi connectivity index (χ2v) is 5.08. The van der Waals surface area contributed by atoms with Gasteiger partial charge in [-0.1, -0.05) is 12.1 Å². The number of nitrogens with zero attached hydrogens (tertiary/aromatic N) is 1. The van der Waals surface area contributed by atoms with E-state index >= 15 is 0 Å². The molecule has 0 aliphatic carbocycles. The van der Waals surface area contributed by atoms with E-state index in [4.69, 9.17) is 4.74 Å². The first-order valence-electron chi connectivity index (χ1n) is 6.89. The Labute approximate surface area is 123 Å². The van der Waals surface area contributed by atoms with Crippen LogP contribution < -0.4 is 4.74 Å². The fourth-order valence-electron chi connectivity index (χ4n) is 2.56. The highest BCUT2D eigenvalue weighted by atomic mass is 19.1. The minimum Gasteiger partial charge on any atom is -0.497 e. The van der Waals surface area contributed by atoms with Gasteiger partial charge in [-0.15, -0.1) is 0 Å². The SMILES string of the molecule is COc1ccc(C(=O)N2CC[C@H]2c2ccc(F)cc2)cc1. The molecule has 2 aromatic carbocycles. The second-order valence-electron chi connectivity index (χ2n) is 5.08. The van der Waals surface area contributed by atoms with Crippen LogP contribution in [0.3, 0.4) is 0 Å². The summed E-state index contributed by atoms with van der Waals surface area (Å²) in [6.07, 6.45) is 0.910.